The zero-order valence-corrected chi connectivity index (χ0v) is 12.7. The first kappa shape index (κ1) is 113. The molecule has 0 aliphatic heterocycles. The van der Waals surface area contributed by atoms with Crippen LogP contribution in [0.4, 0.5) is 0 Å². The SMILES string of the molecule is O.O.[Mo].[Mo].[Na+].[Na+].[OH-].[OH-]. The molecule has 0 heterocycles. The van der Waals surface area contributed by atoms with Gasteiger partial charge in [-0.1, -0.05) is 0 Å². The predicted molar refractivity (Wildman–Crippen MR) is 11.1 cm³/mol. The molecule has 0 bridgehead atoms. The van der Waals surface area contributed by atoms with E-state index < -0.39 is 0 Å². The molecule has 0 rings (SSSR count). The zero-order valence-electron chi connectivity index (χ0n) is 4.71. The molecular formula is H6Mo2Na2O4. The Morgan fingerprint density at radius 2 is 0.500 bits per heavy atom. The summed E-state index contributed by atoms with van der Waals surface area (Å²) < 4.78 is 0. The molecule has 4 nitrogen and oxygen atoms in total. The first-order chi connectivity index (χ1) is 0. The standard InChI is InChI=1S/2Mo.2Na.4H2O/h;;;;4*1H2/q;;2*+1;;;;/p-2. The topological polar surface area (TPSA) is 123 Å². The maximum absolute atomic E-state index is 0. The van der Waals surface area contributed by atoms with E-state index in [1.807, 2.05) is 0 Å². The van der Waals surface area contributed by atoms with Crippen molar-refractivity contribution < 1.29 is 123 Å². The summed E-state index contributed by atoms with van der Waals surface area (Å²) in [6, 6.07) is 0. The van der Waals surface area contributed by atoms with Gasteiger partial charge in [0.1, 0.15) is 0 Å². The second-order valence-corrected chi connectivity index (χ2v) is 0. The Morgan fingerprint density at radius 3 is 0.500 bits per heavy atom. The normalized spacial score (nSPS) is 0. The van der Waals surface area contributed by atoms with Crippen LogP contribution in [0.3, 0.4) is 0 Å². The molecule has 0 aliphatic rings. The molecule has 8 heteroatoms. The van der Waals surface area contributed by atoms with E-state index in [1.165, 1.54) is 0 Å². The maximum atomic E-state index is 0. The summed E-state index contributed by atoms with van der Waals surface area (Å²) in [4.78, 5) is 0. The second-order valence-electron chi connectivity index (χ2n) is 0. The van der Waals surface area contributed by atoms with Crippen LogP contribution in [0.15, 0.2) is 0 Å². The smallest absolute Gasteiger partial charge is 0.870 e. The van der Waals surface area contributed by atoms with E-state index in [2.05, 4.69) is 0 Å². The van der Waals surface area contributed by atoms with E-state index in [0.717, 1.165) is 0 Å². The van der Waals surface area contributed by atoms with Gasteiger partial charge in [0.05, 0.1) is 0 Å². The Hall–Kier alpha value is 3.22. The Bertz CT molecular complexity index is 12.0. The first-order valence-electron chi connectivity index (χ1n) is 0. The fourth-order valence-corrected chi connectivity index (χ4v) is 0. The van der Waals surface area contributed by atoms with E-state index in [9.17, 15) is 0 Å². The molecule has 0 aliphatic carbocycles. The average molecular weight is 308 g/mol. The third-order valence-corrected chi connectivity index (χ3v) is 0. The third kappa shape index (κ3) is 60.1. The third-order valence-electron chi connectivity index (χ3n) is 0. The number of hydrogen-bond donors (Lipinski definition) is 0. The van der Waals surface area contributed by atoms with Crippen LogP contribution in [0.25, 0.3) is 0 Å². The van der Waals surface area contributed by atoms with Gasteiger partial charge in [0.2, 0.25) is 0 Å². The van der Waals surface area contributed by atoms with Gasteiger partial charge in [-0.25, -0.2) is 0 Å². The van der Waals surface area contributed by atoms with Crippen molar-refractivity contribution in [2.75, 3.05) is 0 Å². The van der Waals surface area contributed by atoms with Crippen molar-refractivity contribution in [1.29, 1.82) is 0 Å². The number of hydrogen-bond acceptors (Lipinski definition) is 2. The molecule has 0 aromatic rings. The van der Waals surface area contributed by atoms with E-state index in [0.29, 0.717) is 0 Å². The van der Waals surface area contributed by atoms with Crippen molar-refractivity contribution in [3.63, 3.8) is 0 Å². The van der Waals surface area contributed by atoms with Crippen molar-refractivity contribution in [3.05, 3.63) is 0 Å². The van der Waals surface area contributed by atoms with Crippen molar-refractivity contribution in [3.8, 4) is 0 Å². The minimum Gasteiger partial charge on any atom is -0.870 e. The van der Waals surface area contributed by atoms with Crippen LogP contribution in [0.5, 0.6) is 0 Å². The summed E-state index contributed by atoms with van der Waals surface area (Å²) in [5, 5.41) is 0. The minimum absolute atomic E-state index is 0. The van der Waals surface area contributed by atoms with Gasteiger partial charge in [0.15, 0.2) is 0 Å². The molecule has 0 spiro atoms. The molecule has 0 unspecified atom stereocenters. The fourth-order valence-electron chi connectivity index (χ4n) is 0. The molecule has 0 saturated heterocycles. The molecule has 8 heavy (non-hydrogen) atoms. The van der Waals surface area contributed by atoms with E-state index >= 15 is 0 Å². The Kier molecular flexibility index (Phi) is 1190. The van der Waals surface area contributed by atoms with Crippen molar-refractivity contribution >= 4 is 0 Å². The Labute approximate surface area is 121 Å². The van der Waals surface area contributed by atoms with Gasteiger partial charge in [0, 0.05) is 42.1 Å². The minimum atomic E-state index is 0. The Balaban J connectivity index is 0. The monoisotopic (exact) mass is 312 g/mol. The van der Waals surface area contributed by atoms with Crippen LogP contribution < -0.4 is 59.1 Å². The van der Waals surface area contributed by atoms with Gasteiger partial charge >= 0.3 is 59.1 Å². The molecule has 44 valence electrons. The predicted octanol–water partition coefficient (Wildman–Crippen LogP) is -8.00. The molecule has 6 N–H and O–H groups in total. The Morgan fingerprint density at radius 1 is 0.500 bits per heavy atom. The summed E-state index contributed by atoms with van der Waals surface area (Å²) in [7, 11) is 0. The molecular weight excluding hydrogens is 302 g/mol. The fraction of sp³-hybridized carbons (Fsp3) is 0. The quantitative estimate of drug-likeness (QED) is 0.412. The van der Waals surface area contributed by atoms with Gasteiger partial charge in [0.25, 0.3) is 0 Å². The second kappa shape index (κ2) is 83.9. The molecule has 0 fully saturated rings. The summed E-state index contributed by atoms with van der Waals surface area (Å²) in [5.41, 5.74) is 0. The van der Waals surface area contributed by atoms with E-state index in [-0.39, 0.29) is 123 Å². The first-order valence-corrected chi connectivity index (χ1v) is 0. The van der Waals surface area contributed by atoms with Gasteiger partial charge in [-0.2, -0.15) is 0 Å². The van der Waals surface area contributed by atoms with Gasteiger partial charge in [-0.3, -0.25) is 0 Å². The van der Waals surface area contributed by atoms with Crippen LogP contribution in [-0.2, 0) is 42.1 Å². The molecule has 0 aromatic carbocycles. The summed E-state index contributed by atoms with van der Waals surface area (Å²) in [6.45, 7) is 0. The van der Waals surface area contributed by atoms with Crippen molar-refractivity contribution in [1.82, 2.24) is 0 Å². The molecule has 0 aromatic heterocycles. The zero-order chi connectivity index (χ0) is 0. The van der Waals surface area contributed by atoms with Crippen LogP contribution in [-0.4, -0.2) is 21.9 Å². The molecule has 0 saturated carbocycles. The van der Waals surface area contributed by atoms with E-state index in [1.54, 1.807) is 0 Å². The van der Waals surface area contributed by atoms with Crippen molar-refractivity contribution in [2.45, 2.75) is 0 Å². The summed E-state index contributed by atoms with van der Waals surface area (Å²) >= 11 is 0. The van der Waals surface area contributed by atoms with Gasteiger partial charge < -0.3 is 21.9 Å². The maximum Gasteiger partial charge on any atom is 1.00 e. The van der Waals surface area contributed by atoms with Crippen LogP contribution >= 0.6 is 0 Å². The molecule has 0 radical (unpaired) electrons. The summed E-state index contributed by atoms with van der Waals surface area (Å²) in [6.07, 6.45) is 0. The van der Waals surface area contributed by atoms with Crippen LogP contribution in [0, 0.1) is 0 Å². The van der Waals surface area contributed by atoms with Gasteiger partial charge in [-0.05, 0) is 0 Å². The molecule has 0 amide bonds. The van der Waals surface area contributed by atoms with Crippen molar-refractivity contribution in [2.24, 2.45) is 0 Å². The largest absolute Gasteiger partial charge is 1.00 e. The molecule has 0 atom stereocenters. The van der Waals surface area contributed by atoms with E-state index in [4.69, 9.17) is 0 Å². The van der Waals surface area contributed by atoms with Gasteiger partial charge in [-0.15, -0.1) is 0 Å². The average Bonchev–Trinajstić information content (AvgIpc) is 0. The van der Waals surface area contributed by atoms with Crippen LogP contribution in [0.1, 0.15) is 0 Å². The summed E-state index contributed by atoms with van der Waals surface area (Å²) in [5.74, 6) is 0. The number of rotatable bonds is 0. The van der Waals surface area contributed by atoms with Crippen LogP contribution in [0.2, 0.25) is 0 Å².